The molecule has 0 bridgehead atoms. The topological polar surface area (TPSA) is 42.8 Å². The lowest BCUT2D eigenvalue weighted by molar-refractivity contribution is 0.288. The van der Waals surface area contributed by atoms with Gasteiger partial charge in [0.25, 0.3) is 0 Å². The van der Waals surface area contributed by atoms with Crippen molar-refractivity contribution >= 4 is 22.6 Å². The Labute approximate surface area is 131 Å². The van der Waals surface area contributed by atoms with Crippen LogP contribution in [-0.2, 0) is 0 Å². The number of thioether (sulfide) groups is 1. The Morgan fingerprint density at radius 1 is 1.19 bits per heavy atom. The van der Waals surface area contributed by atoms with Crippen molar-refractivity contribution in [2.24, 2.45) is 4.99 Å². The molecule has 116 valence electrons. The lowest BCUT2D eigenvalue weighted by atomic mass is 10.2. The fourth-order valence-corrected chi connectivity index (χ4v) is 3.17. The lowest BCUT2D eigenvalue weighted by Gasteiger charge is -2.20. The van der Waals surface area contributed by atoms with E-state index in [1.807, 2.05) is 32.0 Å². The van der Waals surface area contributed by atoms with Crippen LogP contribution in [0.25, 0.3) is 0 Å². The Bertz CT molecular complexity index is 491. The molecule has 1 atom stereocenters. The van der Waals surface area contributed by atoms with Gasteiger partial charge in [0.2, 0.25) is 0 Å². The van der Waals surface area contributed by atoms with Crippen molar-refractivity contribution in [3.05, 3.63) is 18.2 Å². The number of hydrogen-bond donors (Lipinski definition) is 1. The molecule has 0 saturated heterocycles. The molecule has 0 spiro atoms. The van der Waals surface area contributed by atoms with Gasteiger partial charge in [-0.3, -0.25) is 4.99 Å². The van der Waals surface area contributed by atoms with Gasteiger partial charge in [0.1, 0.15) is 0 Å². The summed E-state index contributed by atoms with van der Waals surface area (Å²) in [7, 11) is 0. The van der Waals surface area contributed by atoms with E-state index in [0.29, 0.717) is 19.3 Å². The fourth-order valence-electron chi connectivity index (χ4n) is 2.18. The summed E-state index contributed by atoms with van der Waals surface area (Å²) in [5.74, 6) is 2.69. The molecule has 4 nitrogen and oxygen atoms in total. The van der Waals surface area contributed by atoms with Crippen molar-refractivity contribution in [1.29, 1.82) is 0 Å². The highest BCUT2D eigenvalue weighted by Gasteiger charge is 2.15. The van der Waals surface area contributed by atoms with Gasteiger partial charge in [0, 0.05) is 17.5 Å². The fraction of sp³-hybridized carbons (Fsp3) is 0.562. The van der Waals surface area contributed by atoms with Crippen LogP contribution in [0, 0.1) is 0 Å². The van der Waals surface area contributed by atoms with E-state index < -0.39 is 0 Å². The number of aliphatic imine (C=N–C) groups is 1. The highest BCUT2D eigenvalue weighted by atomic mass is 32.2. The molecule has 21 heavy (non-hydrogen) atoms. The maximum Gasteiger partial charge on any atom is 0.163 e. The highest BCUT2D eigenvalue weighted by Crippen LogP contribution is 2.31. The second-order valence-electron chi connectivity index (χ2n) is 4.79. The summed E-state index contributed by atoms with van der Waals surface area (Å²) in [6, 6.07) is 6.38. The van der Waals surface area contributed by atoms with Gasteiger partial charge in [-0.15, -0.1) is 0 Å². The van der Waals surface area contributed by atoms with Crippen molar-refractivity contribution in [2.75, 3.05) is 24.3 Å². The first-order chi connectivity index (χ1) is 10.3. The van der Waals surface area contributed by atoms with Crippen LogP contribution in [0.4, 0.5) is 5.69 Å². The normalized spacial score (nSPS) is 18.0. The van der Waals surface area contributed by atoms with Crippen molar-refractivity contribution in [3.63, 3.8) is 0 Å². The van der Waals surface area contributed by atoms with Gasteiger partial charge in [0.15, 0.2) is 16.7 Å². The number of rotatable bonds is 6. The van der Waals surface area contributed by atoms with E-state index in [9.17, 15) is 0 Å². The van der Waals surface area contributed by atoms with E-state index in [-0.39, 0.29) is 0 Å². The molecule has 1 aromatic rings. The average molecular weight is 308 g/mol. The zero-order chi connectivity index (χ0) is 15.1. The van der Waals surface area contributed by atoms with Crippen LogP contribution >= 0.6 is 11.8 Å². The molecule has 1 heterocycles. The zero-order valence-electron chi connectivity index (χ0n) is 13.0. The third kappa shape index (κ3) is 4.56. The highest BCUT2D eigenvalue weighted by molar-refractivity contribution is 8.14. The summed E-state index contributed by atoms with van der Waals surface area (Å²) in [6.07, 6.45) is 2.26. The van der Waals surface area contributed by atoms with Gasteiger partial charge < -0.3 is 14.8 Å². The van der Waals surface area contributed by atoms with Crippen LogP contribution < -0.4 is 14.8 Å². The second-order valence-corrected chi connectivity index (χ2v) is 5.87. The van der Waals surface area contributed by atoms with E-state index >= 15 is 0 Å². The van der Waals surface area contributed by atoms with E-state index in [1.54, 1.807) is 11.8 Å². The Kier molecular flexibility index (Phi) is 6.23. The number of ether oxygens (including phenoxy) is 2. The van der Waals surface area contributed by atoms with Crippen LogP contribution in [0.1, 0.15) is 33.6 Å². The molecule has 0 radical (unpaired) electrons. The average Bonchev–Trinajstić information content (AvgIpc) is 2.50. The van der Waals surface area contributed by atoms with E-state index in [0.717, 1.165) is 34.5 Å². The van der Waals surface area contributed by atoms with Gasteiger partial charge in [-0.05, 0) is 38.8 Å². The molecule has 5 heteroatoms. The van der Waals surface area contributed by atoms with E-state index in [4.69, 9.17) is 14.5 Å². The van der Waals surface area contributed by atoms with Gasteiger partial charge in [-0.2, -0.15) is 0 Å². The Morgan fingerprint density at radius 3 is 2.67 bits per heavy atom. The first kappa shape index (κ1) is 16.0. The minimum Gasteiger partial charge on any atom is -0.490 e. The zero-order valence-corrected chi connectivity index (χ0v) is 13.8. The molecule has 1 aromatic carbocycles. The number of nitrogens with one attached hydrogen (secondary N) is 1. The van der Waals surface area contributed by atoms with Crippen molar-refractivity contribution < 1.29 is 9.47 Å². The first-order valence-electron chi connectivity index (χ1n) is 7.64. The number of hydrogen-bond acceptors (Lipinski definition) is 5. The molecular formula is C16H24N2O2S. The first-order valence-corrected chi connectivity index (χ1v) is 8.62. The maximum absolute atomic E-state index is 5.65. The quantitative estimate of drug-likeness (QED) is 0.856. The van der Waals surface area contributed by atoms with Crippen molar-refractivity contribution in [3.8, 4) is 11.5 Å². The molecule has 1 N–H and O–H groups in total. The van der Waals surface area contributed by atoms with Crippen LogP contribution in [-0.4, -0.2) is 30.2 Å². The SMILES string of the molecule is CCOc1ccc(NC2=NC(CC)CCS2)cc1OCC. The van der Waals surface area contributed by atoms with Crippen molar-refractivity contribution in [1.82, 2.24) is 0 Å². The molecular weight excluding hydrogens is 284 g/mol. The Hall–Kier alpha value is -1.36. The van der Waals surface area contributed by atoms with Crippen molar-refractivity contribution in [2.45, 2.75) is 39.7 Å². The Balaban J connectivity index is 2.12. The molecule has 0 saturated carbocycles. The molecule has 1 aliphatic heterocycles. The molecule has 0 fully saturated rings. The largest absolute Gasteiger partial charge is 0.490 e. The summed E-state index contributed by atoms with van der Waals surface area (Å²) in [6.45, 7) is 7.39. The maximum atomic E-state index is 5.65. The monoisotopic (exact) mass is 308 g/mol. The van der Waals surface area contributed by atoms with Crippen LogP contribution in [0.3, 0.4) is 0 Å². The third-order valence-corrected chi connectivity index (χ3v) is 4.18. The third-order valence-electron chi connectivity index (χ3n) is 3.26. The van der Waals surface area contributed by atoms with Gasteiger partial charge in [-0.1, -0.05) is 18.7 Å². The second kappa shape index (κ2) is 8.17. The predicted molar refractivity (Wildman–Crippen MR) is 91.0 cm³/mol. The molecule has 1 unspecified atom stereocenters. The summed E-state index contributed by atoms with van der Waals surface area (Å²) < 4.78 is 11.2. The van der Waals surface area contributed by atoms with E-state index in [2.05, 4.69) is 12.2 Å². The van der Waals surface area contributed by atoms with Crippen LogP contribution in [0.5, 0.6) is 11.5 Å². The number of amidine groups is 1. The standard InChI is InChI=1S/C16H24N2O2S/c1-4-12-9-10-21-16(17-12)18-13-7-8-14(19-5-2)15(11-13)20-6-3/h7-8,11-12H,4-6,9-10H2,1-3H3,(H,17,18). The molecule has 2 rings (SSSR count). The molecule has 0 amide bonds. The Morgan fingerprint density at radius 2 is 1.95 bits per heavy atom. The van der Waals surface area contributed by atoms with Crippen LogP contribution in [0.15, 0.2) is 23.2 Å². The predicted octanol–water partition coefficient (Wildman–Crippen LogP) is 4.17. The minimum absolute atomic E-state index is 0.447. The molecule has 0 aliphatic carbocycles. The van der Waals surface area contributed by atoms with Gasteiger partial charge >= 0.3 is 0 Å². The van der Waals surface area contributed by atoms with Gasteiger partial charge in [-0.25, -0.2) is 0 Å². The number of nitrogens with zero attached hydrogens (tertiary/aromatic N) is 1. The minimum atomic E-state index is 0.447. The summed E-state index contributed by atoms with van der Waals surface area (Å²) in [4.78, 5) is 4.73. The summed E-state index contributed by atoms with van der Waals surface area (Å²) in [5, 5.41) is 4.39. The van der Waals surface area contributed by atoms with E-state index in [1.165, 1.54) is 6.42 Å². The summed E-state index contributed by atoms with van der Waals surface area (Å²) in [5.41, 5.74) is 0.991. The lowest BCUT2D eigenvalue weighted by Crippen LogP contribution is -2.19. The smallest absolute Gasteiger partial charge is 0.163 e. The molecule has 1 aliphatic rings. The molecule has 0 aromatic heterocycles. The number of anilines is 1. The van der Waals surface area contributed by atoms with Gasteiger partial charge in [0.05, 0.1) is 19.3 Å². The van der Waals surface area contributed by atoms with Crippen LogP contribution in [0.2, 0.25) is 0 Å². The number of benzene rings is 1. The summed E-state index contributed by atoms with van der Waals surface area (Å²) >= 11 is 1.78.